The molecule has 0 radical (unpaired) electrons. The Hall–Kier alpha value is -1.32. The first-order valence-corrected chi connectivity index (χ1v) is 6.34. The van der Waals surface area contributed by atoms with E-state index < -0.39 is 5.97 Å². The van der Waals surface area contributed by atoms with E-state index in [1.807, 2.05) is 10.9 Å². The van der Waals surface area contributed by atoms with Crippen molar-refractivity contribution in [3.8, 4) is 0 Å². The molecule has 1 aromatic rings. The second-order valence-electron chi connectivity index (χ2n) is 5.25. The lowest BCUT2D eigenvalue weighted by Crippen LogP contribution is -2.23. The molecule has 4 nitrogen and oxygen atoms in total. The molecule has 1 heterocycles. The van der Waals surface area contributed by atoms with E-state index in [0.29, 0.717) is 12.0 Å². The molecule has 0 bridgehead atoms. The van der Waals surface area contributed by atoms with Crippen LogP contribution in [-0.4, -0.2) is 20.9 Å². The van der Waals surface area contributed by atoms with Crippen molar-refractivity contribution in [2.45, 2.75) is 51.5 Å². The molecular formula is C13H20N2O2. The molecule has 0 spiro atoms. The Morgan fingerprint density at radius 3 is 2.53 bits per heavy atom. The van der Waals surface area contributed by atoms with E-state index in [0.717, 1.165) is 25.7 Å². The van der Waals surface area contributed by atoms with E-state index >= 15 is 0 Å². The first-order chi connectivity index (χ1) is 8.08. The number of carboxylic acids is 1. The Morgan fingerprint density at radius 2 is 2.06 bits per heavy atom. The van der Waals surface area contributed by atoms with E-state index in [2.05, 4.69) is 25.1 Å². The SMILES string of the molecule is CC(C)c1cnn(C2CCC(C(=O)O)CC2)c1. The molecule has 1 fully saturated rings. The Morgan fingerprint density at radius 1 is 1.41 bits per heavy atom. The van der Waals surface area contributed by atoms with Crippen LogP contribution in [-0.2, 0) is 4.79 Å². The topological polar surface area (TPSA) is 55.1 Å². The van der Waals surface area contributed by atoms with Crippen LogP contribution < -0.4 is 0 Å². The van der Waals surface area contributed by atoms with Gasteiger partial charge in [0.15, 0.2) is 0 Å². The maximum absolute atomic E-state index is 10.9. The zero-order chi connectivity index (χ0) is 12.4. The summed E-state index contributed by atoms with van der Waals surface area (Å²) in [7, 11) is 0. The molecule has 1 saturated carbocycles. The van der Waals surface area contributed by atoms with E-state index in [9.17, 15) is 4.79 Å². The lowest BCUT2D eigenvalue weighted by atomic mass is 9.86. The third-order valence-corrected chi connectivity index (χ3v) is 3.71. The van der Waals surface area contributed by atoms with Gasteiger partial charge in [-0.2, -0.15) is 5.10 Å². The highest BCUT2D eigenvalue weighted by molar-refractivity contribution is 5.70. The summed E-state index contributed by atoms with van der Waals surface area (Å²) in [6, 6.07) is 0.387. The summed E-state index contributed by atoms with van der Waals surface area (Å²) in [5.74, 6) is -0.294. The van der Waals surface area contributed by atoms with Gasteiger partial charge in [0.2, 0.25) is 0 Å². The highest BCUT2D eigenvalue weighted by Crippen LogP contribution is 2.32. The van der Waals surface area contributed by atoms with Crippen LogP contribution in [0.4, 0.5) is 0 Å². The average molecular weight is 236 g/mol. The van der Waals surface area contributed by atoms with E-state index in [-0.39, 0.29) is 5.92 Å². The van der Waals surface area contributed by atoms with E-state index in [1.54, 1.807) is 0 Å². The molecule has 0 atom stereocenters. The number of aliphatic carboxylic acids is 1. The monoisotopic (exact) mass is 236 g/mol. The van der Waals surface area contributed by atoms with Crippen LogP contribution in [0.5, 0.6) is 0 Å². The number of rotatable bonds is 3. The summed E-state index contributed by atoms with van der Waals surface area (Å²) in [4.78, 5) is 10.9. The highest BCUT2D eigenvalue weighted by Gasteiger charge is 2.27. The highest BCUT2D eigenvalue weighted by atomic mass is 16.4. The van der Waals surface area contributed by atoms with Crippen LogP contribution in [0.3, 0.4) is 0 Å². The standard InChI is InChI=1S/C13H20N2O2/c1-9(2)11-7-14-15(8-11)12-5-3-10(4-6-12)13(16)17/h7-10,12H,3-6H2,1-2H3,(H,16,17). The van der Waals surface area contributed by atoms with Crippen molar-refractivity contribution in [3.05, 3.63) is 18.0 Å². The van der Waals surface area contributed by atoms with Gasteiger partial charge in [0.05, 0.1) is 18.2 Å². The van der Waals surface area contributed by atoms with Gasteiger partial charge in [-0.05, 0) is 37.2 Å². The minimum Gasteiger partial charge on any atom is -0.481 e. The average Bonchev–Trinajstić information content (AvgIpc) is 2.78. The van der Waals surface area contributed by atoms with Gasteiger partial charge in [-0.3, -0.25) is 9.48 Å². The lowest BCUT2D eigenvalue weighted by Gasteiger charge is -2.26. The van der Waals surface area contributed by atoms with Gasteiger partial charge in [-0.15, -0.1) is 0 Å². The van der Waals surface area contributed by atoms with Crippen LogP contribution in [0.25, 0.3) is 0 Å². The van der Waals surface area contributed by atoms with Crippen molar-refractivity contribution >= 4 is 5.97 Å². The van der Waals surface area contributed by atoms with Gasteiger partial charge in [-0.1, -0.05) is 13.8 Å². The smallest absolute Gasteiger partial charge is 0.306 e. The number of aromatic nitrogens is 2. The minimum atomic E-state index is -0.646. The fourth-order valence-electron chi connectivity index (χ4n) is 2.44. The maximum atomic E-state index is 10.9. The molecule has 17 heavy (non-hydrogen) atoms. The molecule has 4 heteroatoms. The molecule has 1 aromatic heterocycles. The Labute approximate surface area is 102 Å². The predicted octanol–water partition coefficient (Wildman–Crippen LogP) is 2.82. The van der Waals surface area contributed by atoms with Gasteiger partial charge in [0.25, 0.3) is 0 Å². The van der Waals surface area contributed by atoms with Crippen molar-refractivity contribution in [2.24, 2.45) is 5.92 Å². The summed E-state index contributed by atoms with van der Waals surface area (Å²) < 4.78 is 2.02. The molecule has 1 aliphatic rings. The Kier molecular flexibility index (Phi) is 3.50. The number of hydrogen-bond acceptors (Lipinski definition) is 2. The van der Waals surface area contributed by atoms with E-state index in [1.165, 1.54) is 5.56 Å². The number of carboxylic acid groups (broad SMARTS) is 1. The van der Waals surface area contributed by atoms with Crippen molar-refractivity contribution in [2.75, 3.05) is 0 Å². The Bertz CT molecular complexity index is 390. The van der Waals surface area contributed by atoms with Gasteiger partial charge in [0.1, 0.15) is 0 Å². The maximum Gasteiger partial charge on any atom is 0.306 e. The fourth-order valence-corrected chi connectivity index (χ4v) is 2.44. The van der Waals surface area contributed by atoms with Crippen molar-refractivity contribution in [1.82, 2.24) is 9.78 Å². The molecule has 2 rings (SSSR count). The van der Waals surface area contributed by atoms with Crippen LogP contribution in [0, 0.1) is 5.92 Å². The van der Waals surface area contributed by atoms with Crippen LogP contribution in [0.2, 0.25) is 0 Å². The quantitative estimate of drug-likeness (QED) is 0.878. The summed E-state index contributed by atoms with van der Waals surface area (Å²) >= 11 is 0. The van der Waals surface area contributed by atoms with Crippen LogP contribution in [0.15, 0.2) is 12.4 Å². The summed E-state index contributed by atoms with van der Waals surface area (Å²) in [6.07, 6.45) is 7.44. The molecule has 0 saturated heterocycles. The van der Waals surface area contributed by atoms with Crippen LogP contribution in [0.1, 0.15) is 57.1 Å². The van der Waals surface area contributed by atoms with Gasteiger partial charge >= 0.3 is 5.97 Å². The molecule has 1 N–H and O–H groups in total. The predicted molar refractivity (Wildman–Crippen MR) is 64.9 cm³/mol. The van der Waals surface area contributed by atoms with Gasteiger partial charge in [-0.25, -0.2) is 0 Å². The third kappa shape index (κ3) is 2.68. The van der Waals surface area contributed by atoms with E-state index in [4.69, 9.17) is 5.11 Å². The molecule has 0 amide bonds. The first kappa shape index (κ1) is 12.1. The number of carbonyl (C=O) groups is 1. The third-order valence-electron chi connectivity index (χ3n) is 3.71. The van der Waals surface area contributed by atoms with Gasteiger partial charge in [0, 0.05) is 6.20 Å². The van der Waals surface area contributed by atoms with Crippen molar-refractivity contribution in [1.29, 1.82) is 0 Å². The molecule has 0 aromatic carbocycles. The fraction of sp³-hybridized carbons (Fsp3) is 0.692. The van der Waals surface area contributed by atoms with Crippen molar-refractivity contribution in [3.63, 3.8) is 0 Å². The molecule has 0 unspecified atom stereocenters. The molecule has 0 aliphatic heterocycles. The van der Waals surface area contributed by atoms with Crippen LogP contribution >= 0.6 is 0 Å². The zero-order valence-corrected chi connectivity index (χ0v) is 10.5. The Balaban J connectivity index is 1.98. The number of nitrogens with zero attached hydrogens (tertiary/aromatic N) is 2. The largest absolute Gasteiger partial charge is 0.481 e. The summed E-state index contributed by atoms with van der Waals surface area (Å²) in [5, 5.41) is 13.3. The lowest BCUT2D eigenvalue weighted by molar-refractivity contribution is -0.143. The zero-order valence-electron chi connectivity index (χ0n) is 10.5. The second kappa shape index (κ2) is 4.90. The molecule has 94 valence electrons. The first-order valence-electron chi connectivity index (χ1n) is 6.34. The molecular weight excluding hydrogens is 216 g/mol. The molecule has 1 aliphatic carbocycles. The van der Waals surface area contributed by atoms with Gasteiger partial charge < -0.3 is 5.11 Å². The number of hydrogen-bond donors (Lipinski definition) is 1. The second-order valence-corrected chi connectivity index (χ2v) is 5.25. The minimum absolute atomic E-state index is 0.147. The summed E-state index contributed by atoms with van der Waals surface area (Å²) in [6.45, 7) is 4.31. The summed E-state index contributed by atoms with van der Waals surface area (Å²) in [5.41, 5.74) is 1.25. The van der Waals surface area contributed by atoms with Crippen molar-refractivity contribution < 1.29 is 9.90 Å². The normalized spacial score (nSPS) is 25.1.